The third-order valence-electron chi connectivity index (χ3n) is 3.36. The van der Waals surface area contributed by atoms with Gasteiger partial charge in [-0.25, -0.2) is 0 Å². The molecule has 0 radical (unpaired) electrons. The van der Waals surface area contributed by atoms with E-state index in [1.807, 2.05) is 6.08 Å². The molecular weight excluding hydrogens is 218 g/mol. The Hall–Kier alpha value is -2.12. The van der Waals surface area contributed by atoms with Crippen molar-refractivity contribution < 1.29 is 0 Å². The number of rotatable bonds is 2. The lowest BCUT2D eigenvalue weighted by Crippen LogP contribution is -1.95. The van der Waals surface area contributed by atoms with Crippen LogP contribution in [-0.2, 0) is 6.54 Å². The predicted molar refractivity (Wildman–Crippen MR) is 79.4 cm³/mol. The molecule has 1 heteroatoms. The molecule has 18 heavy (non-hydrogen) atoms. The molecular formula is C17H15N. The number of fused-ring (bicyclic) bond motifs is 2. The molecule has 0 spiro atoms. The zero-order chi connectivity index (χ0) is 12.5. The lowest BCUT2D eigenvalue weighted by molar-refractivity contribution is 1.08. The molecule has 2 N–H and O–H groups in total. The van der Waals surface area contributed by atoms with E-state index < -0.39 is 0 Å². The summed E-state index contributed by atoms with van der Waals surface area (Å²) >= 11 is 0. The van der Waals surface area contributed by atoms with E-state index in [9.17, 15) is 0 Å². The van der Waals surface area contributed by atoms with E-state index in [2.05, 4.69) is 55.1 Å². The van der Waals surface area contributed by atoms with Gasteiger partial charge < -0.3 is 5.73 Å². The zero-order valence-electron chi connectivity index (χ0n) is 10.2. The fourth-order valence-corrected chi connectivity index (χ4v) is 2.32. The minimum Gasteiger partial charge on any atom is -0.326 e. The monoisotopic (exact) mass is 233 g/mol. The van der Waals surface area contributed by atoms with E-state index in [0.29, 0.717) is 6.54 Å². The molecule has 1 nitrogen and oxygen atoms in total. The van der Waals surface area contributed by atoms with Gasteiger partial charge in [0.05, 0.1) is 0 Å². The van der Waals surface area contributed by atoms with Gasteiger partial charge >= 0.3 is 0 Å². The van der Waals surface area contributed by atoms with Crippen LogP contribution < -0.4 is 5.73 Å². The number of hydrogen-bond donors (Lipinski definition) is 1. The molecule has 0 heterocycles. The van der Waals surface area contributed by atoms with Crippen LogP contribution in [0.1, 0.15) is 11.1 Å². The van der Waals surface area contributed by atoms with Crippen LogP contribution in [0.2, 0.25) is 0 Å². The molecule has 0 amide bonds. The second kappa shape index (κ2) is 4.28. The van der Waals surface area contributed by atoms with Crippen molar-refractivity contribution in [3.8, 4) is 0 Å². The summed E-state index contributed by atoms with van der Waals surface area (Å²) in [6, 6.07) is 17.2. The van der Waals surface area contributed by atoms with E-state index >= 15 is 0 Å². The average Bonchev–Trinajstić information content (AvgIpc) is 2.43. The van der Waals surface area contributed by atoms with Gasteiger partial charge in [-0.2, -0.15) is 0 Å². The topological polar surface area (TPSA) is 26.0 Å². The highest BCUT2D eigenvalue weighted by atomic mass is 14.5. The molecule has 0 bridgehead atoms. The first kappa shape index (κ1) is 11.0. The maximum Gasteiger partial charge on any atom is 0.0178 e. The van der Waals surface area contributed by atoms with Crippen LogP contribution in [0.15, 0.2) is 55.1 Å². The molecule has 0 unspecified atom stereocenters. The standard InChI is InChI=1S/C17H15N/c1-2-12-3-5-14-10-17-8-13(11-18)4-6-15(17)9-16(14)7-12/h2-10H,1,11,18H2. The van der Waals surface area contributed by atoms with Gasteiger partial charge in [0.2, 0.25) is 0 Å². The Bertz CT molecular complexity index is 741. The Balaban J connectivity index is 2.31. The van der Waals surface area contributed by atoms with Gasteiger partial charge in [0.1, 0.15) is 0 Å². The molecule has 0 saturated carbocycles. The van der Waals surface area contributed by atoms with Gasteiger partial charge in [-0.3, -0.25) is 0 Å². The molecule has 0 atom stereocenters. The summed E-state index contributed by atoms with van der Waals surface area (Å²) < 4.78 is 0. The second-order valence-corrected chi connectivity index (χ2v) is 4.55. The van der Waals surface area contributed by atoms with Gasteiger partial charge in [0.15, 0.2) is 0 Å². The molecule has 0 aliphatic heterocycles. The van der Waals surface area contributed by atoms with Gasteiger partial charge in [0.25, 0.3) is 0 Å². The van der Waals surface area contributed by atoms with Crippen LogP contribution in [0.5, 0.6) is 0 Å². The maximum atomic E-state index is 5.68. The van der Waals surface area contributed by atoms with Crippen molar-refractivity contribution in [1.29, 1.82) is 0 Å². The van der Waals surface area contributed by atoms with E-state index in [0.717, 1.165) is 5.56 Å². The summed E-state index contributed by atoms with van der Waals surface area (Å²) in [5, 5.41) is 5.00. The van der Waals surface area contributed by atoms with E-state index in [1.54, 1.807) is 0 Å². The average molecular weight is 233 g/mol. The van der Waals surface area contributed by atoms with Crippen molar-refractivity contribution in [3.05, 3.63) is 66.2 Å². The summed E-state index contributed by atoms with van der Waals surface area (Å²) in [5.74, 6) is 0. The molecule has 0 aliphatic rings. The highest BCUT2D eigenvalue weighted by Crippen LogP contribution is 2.25. The largest absolute Gasteiger partial charge is 0.326 e. The van der Waals surface area contributed by atoms with Crippen LogP contribution in [0.25, 0.3) is 27.6 Å². The maximum absolute atomic E-state index is 5.68. The van der Waals surface area contributed by atoms with Gasteiger partial charge in [0, 0.05) is 6.54 Å². The molecule has 3 aromatic rings. The first-order chi connectivity index (χ1) is 8.80. The van der Waals surface area contributed by atoms with Gasteiger partial charge in [-0.15, -0.1) is 0 Å². The Kier molecular flexibility index (Phi) is 2.62. The quantitative estimate of drug-likeness (QED) is 0.663. The Morgan fingerprint density at radius 3 is 2.17 bits per heavy atom. The number of benzene rings is 3. The number of hydrogen-bond acceptors (Lipinski definition) is 1. The first-order valence-corrected chi connectivity index (χ1v) is 6.09. The van der Waals surface area contributed by atoms with Crippen molar-refractivity contribution in [2.45, 2.75) is 6.54 Å². The van der Waals surface area contributed by atoms with Crippen LogP contribution in [0.3, 0.4) is 0 Å². The second-order valence-electron chi connectivity index (χ2n) is 4.55. The van der Waals surface area contributed by atoms with E-state index in [1.165, 1.54) is 27.1 Å². The van der Waals surface area contributed by atoms with Crippen LogP contribution in [-0.4, -0.2) is 0 Å². The normalized spacial score (nSPS) is 10.9. The van der Waals surface area contributed by atoms with E-state index in [4.69, 9.17) is 5.73 Å². The summed E-state index contributed by atoms with van der Waals surface area (Å²) in [4.78, 5) is 0. The molecule has 0 aromatic heterocycles. The van der Waals surface area contributed by atoms with Crippen molar-refractivity contribution in [2.75, 3.05) is 0 Å². The molecule has 88 valence electrons. The molecule has 3 rings (SSSR count). The third kappa shape index (κ3) is 1.79. The summed E-state index contributed by atoms with van der Waals surface area (Å²) in [7, 11) is 0. The van der Waals surface area contributed by atoms with Crippen molar-refractivity contribution in [3.63, 3.8) is 0 Å². The van der Waals surface area contributed by atoms with Gasteiger partial charge in [-0.1, -0.05) is 36.9 Å². The lowest BCUT2D eigenvalue weighted by atomic mass is 10.0. The van der Waals surface area contributed by atoms with Crippen LogP contribution >= 0.6 is 0 Å². The van der Waals surface area contributed by atoms with Crippen molar-refractivity contribution in [2.24, 2.45) is 5.73 Å². The van der Waals surface area contributed by atoms with Gasteiger partial charge in [-0.05, 0) is 56.9 Å². The molecule has 3 aromatic carbocycles. The fraction of sp³-hybridized carbons (Fsp3) is 0.0588. The number of nitrogens with two attached hydrogens (primary N) is 1. The SMILES string of the molecule is C=Cc1ccc2cc3cc(CN)ccc3cc2c1. The Morgan fingerprint density at radius 2 is 1.50 bits per heavy atom. The lowest BCUT2D eigenvalue weighted by Gasteiger charge is -2.05. The summed E-state index contributed by atoms with van der Waals surface area (Å²) in [6.07, 6.45) is 1.88. The molecule has 0 fully saturated rings. The summed E-state index contributed by atoms with van der Waals surface area (Å²) in [5.41, 5.74) is 8.00. The zero-order valence-corrected chi connectivity index (χ0v) is 10.2. The Labute approximate surface area is 107 Å². The Morgan fingerprint density at radius 1 is 0.833 bits per heavy atom. The minimum atomic E-state index is 0.587. The predicted octanol–water partition coefficient (Wildman–Crippen LogP) is 4.09. The molecule has 0 aliphatic carbocycles. The highest BCUT2D eigenvalue weighted by molar-refractivity contribution is 5.99. The van der Waals surface area contributed by atoms with Crippen molar-refractivity contribution >= 4 is 27.6 Å². The fourth-order valence-electron chi connectivity index (χ4n) is 2.32. The smallest absolute Gasteiger partial charge is 0.0178 e. The van der Waals surface area contributed by atoms with E-state index in [-0.39, 0.29) is 0 Å². The third-order valence-corrected chi connectivity index (χ3v) is 3.36. The van der Waals surface area contributed by atoms with Crippen LogP contribution in [0.4, 0.5) is 0 Å². The van der Waals surface area contributed by atoms with Crippen LogP contribution in [0, 0.1) is 0 Å². The minimum absolute atomic E-state index is 0.587. The highest BCUT2D eigenvalue weighted by Gasteiger charge is 2.00. The van der Waals surface area contributed by atoms with Crippen molar-refractivity contribution in [1.82, 2.24) is 0 Å². The molecule has 0 saturated heterocycles. The first-order valence-electron chi connectivity index (χ1n) is 6.09. The summed E-state index contributed by atoms with van der Waals surface area (Å²) in [6.45, 7) is 4.40.